The highest BCUT2D eigenvalue weighted by Crippen LogP contribution is 2.33. The van der Waals surface area contributed by atoms with E-state index in [9.17, 15) is 22.8 Å². The number of sulfonamides is 1. The van der Waals surface area contributed by atoms with E-state index in [-0.39, 0.29) is 32.1 Å². The smallest absolute Gasteiger partial charge is 0.355 e. The summed E-state index contributed by atoms with van der Waals surface area (Å²) >= 11 is 11.9. The quantitative estimate of drug-likeness (QED) is 0.444. The number of rotatable bonds is 6. The normalized spacial score (nSPS) is 11.2. The summed E-state index contributed by atoms with van der Waals surface area (Å²) in [5, 5.41) is 7.02. The van der Waals surface area contributed by atoms with Gasteiger partial charge in [-0.25, -0.2) is 18.4 Å². The third kappa shape index (κ3) is 5.15. The highest BCUT2D eigenvalue weighted by molar-refractivity contribution is 7.89. The number of aromatic amines is 1. The van der Waals surface area contributed by atoms with Gasteiger partial charge in [0.25, 0.3) is 5.91 Å². The van der Waals surface area contributed by atoms with Gasteiger partial charge < -0.3 is 15.0 Å². The first-order valence-electron chi connectivity index (χ1n) is 8.01. The Morgan fingerprint density at radius 1 is 1.17 bits per heavy atom. The second kappa shape index (κ2) is 8.54. The minimum absolute atomic E-state index is 0.0625. The number of hydrogen-bond donors (Lipinski definition) is 3. The number of aryl methyl sites for hydroxylation is 1. The van der Waals surface area contributed by atoms with Crippen LogP contribution in [0.4, 0.5) is 5.69 Å². The fraction of sp³-hybridized carbons (Fsp3) is 0.235. The van der Waals surface area contributed by atoms with E-state index in [1.165, 1.54) is 6.92 Å². The second-order valence-corrected chi connectivity index (χ2v) is 8.49. The van der Waals surface area contributed by atoms with Gasteiger partial charge in [0.05, 0.1) is 20.6 Å². The van der Waals surface area contributed by atoms with Gasteiger partial charge in [-0.3, -0.25) is 9.59 Å². The summed E-state index contributed by atoms with van der Waals surface area (Å²) in [6, 6.07) is 2.05. The Labute approximate surface area is 176 Å². The Morgan fingerprint density at radius 3 is 2.17 bits per heavy atom. The van der Waals surface area contributed by atoms with Crippen LogP contribution in [-0.4, -0.2) is 37.7 Å². The molecule has 0 radical (unpaired) electrons. The lowest BCUT2D eigenvalue weighted by molar-refractivity contribution is -0.119. The van der Waals surface area contributed by atoms with Gasteiger partial charge in [-0.2, -0.15) is 0 Å². The van der Waals surface area contributed by atoms with Crippen LogP contribution in [0.5, 0.6) is 0 Å². The lowest BCUT2D eigenvalue weighted by Gasteiger charge is -2.11. The molecule has 0 bridgehead atoms. The first kappa shape index (κ1) is 22.9. The van der Waals surface area contributed by atoms with Gasteiger partial charge in [-0.1, -0.05) is 23.2 Å². The molecule has 1 heterocycles. The summed E-state index contributed by atoms with van der Waals surface area (Å²) in [5.74, 6) is -1.80. The fourth-order valence-corrected chi connectivity index (χ4v) is 3.97. The lowest BCUT2D eigenvalue weighted by atomic mass is 10.1. The van der Waals surface area contributed by atoms with E-state index in [1.807, 2.05) is 0 Å². The van der Waals surface area contributed by atoms with Crippen molar-refractivity contribution < 1.29 is 27.5 Å². The zero-order valence-corrected chi connectivity index (χ0v) is 17.9. The molecule has 156 valence electrons. The standard InChI is InChI=1S/C17H17Cl2N3O6S/c1-7-14(9(3)23)8(2)21-15(7)17(25)28-6-13(24)22-16-11(18)4-10(5-12(16)19)29(20,26)27/h4-5,21H,6H2,1-3H3,(H,22,24)(H2,20,26,27). The number of hydrogen-bond acceptors (Lipinski definition) is 6. The van der Waals surface area contributed by atoms with Crippen molar-refractivity contribution in [2.24, 2.45) is 5.14 Å². The van der Waals surface area contributed by atoms with Gasteiger partial charge in [0.2, 0.25) is 10.0 Å². The molecule has 1 amide bonds. The molecule has 0 aliphatic heterocycles. The number of H-pyrrole nitrogens is 1. The number of nitrogens with two attached hydrogens (primary N) is 1. The van der Waals surface area contributed by atoms with Crippen molar-refractivity contribution >= 4 is 56.6 Å². The Morgan fingerprint density at radius 2 is 1.72 bits per heavy atom. The first-order chi connectivity index (χ1) is 13.3. The molecule has 0 aliphatic rings. The van der Waals surface area contributed by atoms with E-state index in [2.05, 4.69) is 10.3 Å². The summed E-state index contributed by atoms with van der Waals surface area (Å²) < 4.78 is 27.7. The van der Waals surface area contributed by atoms with Gasteiger partial charge in [-0.05, 0) is 38.5 Å². The Balaban J connectivity index is 2.10. The number of nitrogens with one attached hydrogen (secondary N) is 2. The highest BCUT2D eigenvalue weighted by Gasteiger charge is 2.22. The van der Waals surface area contributed by atoms with Gasteiger partial charge in [0, 0.05) is 11.3 Å². The number of ether oxygens (including phenoxy) is 1. The monoisotopic (exact) mass is 461 g/mol. The predicted molar refractivity (Wildman–Crippen MR) is 107 cm³/mol. The van der Waals surface area contributed by atoms with Gasteiger partial charge in [0.15, 0.2) is 12.4 Å². The van der Waals surface area contributed by atoms with Crippen molar-refractivity contribution in [2.45, 2.75) is 25.7 Å². The van der Waals surface area contributed by atoms with Crippen molar-refractivity contribution in [3.05, 3.63) is 44.7 Å². The summed E-state index contributed by atoms with van der Waals surface area (Å²) in [6.45, 7) is 3.93. The van der Waals surface area contributed by atoms with Crippen LogP contribution < -0.4 is 10.5 Å². The average Bonchev–Trinajstić information content (AvgIpc) is 2.89. The Hall–Kier alpha value is -2.40. The molecular formula is C17H17Cl2N3O6S. The van der Waals surface area contributed by atoms with Crippen molar-refractivity contribution in [3.8, 4) is 0 Å². The Bertz CT molecular complexity index is 1100. The molecule has 2 rings (SSSR count). The molecule has 0 saturated carbocycles. The van der Waals surface area contributed by atoms with E-state index >= 15 is 0 Å². The molecule has 0 spiro atoms. The number of aromatic nitrogens is 1. The zero-order valence-electron chi connectivity index (χ0n) is 15.6. The number of anilines is 1. The largest absolute Gasteiger partial charge is 0.451 e. The third-order valence-corrected chi connectivity index (χ3v) is 5.43. The summed E-state index contributed by atoms with van der Waals surface area (Å²) in [7, 11) is -4.04. The third-order valence-electron chi connectivity index (χ3n) is 3.94. The van der Waals surface area contributed by atoms with Crippen LogP contribution in [0.1, 0.15) is 39.0 Å². The lowest BCUT2D eigenvalue weighted by Crippen LogP contribution is -2.22. The number of carbonyl (C=O) groups excluding carboxylic acids is 3. The van der Waals surface area contributed by atoms with E-state index in [0.29, 0.717) is 16.8 Å². The molecule has 1 aromatic heterocycles. The number of esters is 1. The number of Topliss-reactive ketones (excluding diaryl/α,β-unsaturated/α-hetero) is 1. The molecule has 0 atom stereocenters. The van der Waals surface area contributed by atoms with Crippen LogP contribution in [0, 0.1) is 13.8 Å². The van der Waals surface area contributed by atoms with Crippen LogP contribution in [0.15, 0.2) is 17.0 Å². The molecular weight excluding hydrogens is 445 g/mol. The summed E-state index contributed by atoms with van der Waals surface area (Å²) in [6.07, 6.45) is 0. The van der Waals surface area contributed by atoms with Crippen LogP contribution >= 0.6 is 23.2 Å². The van der Waals surface area contributed by atoms with Crippen LogP contribution in [0.3, 0.4) is 0 Å². The summed E-state index contributed by atoms with van der Waals surface area (Å²) in [4.78, 5) is 38.4. The van der Waals surface area contributed by atoms with Crippen molar-refractivity contribution in [1.29, 1.82) is 0 Å². The molecule has 29 heavy (non-hydrogen) atoms. The minimum atomic E-state index is -4.04. The predicted octanol–water partition coefficient (Wildman–Crippen LogP) is 2.58. The van der Waals surface area contributed by atoms with Gasteiger partial charge in [-0.15, -0.1) is 0 Å². The first-order valence-corrected chi connectivity index (χ1v) is 10.3. The summed E-state index contributed by atoms with van der Waals surface area (Å²) in [5.41, 5.74) is 1.32. The second-order valence-electron chi connectivity index (χ2n) is 6.11. The molecule has 9 nitrogen and oxygen atoms in total. The molecule has 0 fully saturated rings. The van der Waals surface area contributed by atoms with Crippen molar-refractivity contribution in [2.75, 3.05) is 11.9 Å². The highest BCUT2D eigenvalue weighted by atomic mass is 35.5. The van der Waals surface area contributed by atoms with Crippen LogP contribution in [-0.2, 0) is 19.6 Å². The van der Waals surface area contributed by atoms with Crippen molar-refractivity contribution in [1.82, 2.24) is 4.98 Å². The SMILES string of the molecule is CC(=O)c1c(C)[nH]c(C(=O)OCC(=O)Nc2c(Cl)cc(S(N)(=O)=O)cc2Cl)c1C. The maximum Gasteiger partial charge on any atom is 0.355 e. The van der Waals surface area contributed by atoms with E-state index in [4.69, 9.17) is 33.1 Å². The van der Waals surface area contributed by atoms with E-state index in [1.54, 1.807) is 13.8 Å². The maximum absolute atomic E-state index is 12.2. The zero-order chi connectivity index (χ0) is 22.1. The number of primary sulfonamides is 1. The van der Waals surface area contributed by atoms with Gasteiger partial charge in [0.1, 0.15) is 5.69 Å². The molecule has 4 N–H and O–H groups in total. The maximum atomic E-state index is 12.2. The van der Waals surface area contributed by atoms with E-state index < -0.39 is 28.5 Å². The molecule has 0 unspecified atom stereocenters. The van der Waals surface area contributed by atoms with E-state index in [0.717, 1.165) is 12.1 Å². The number of ketones is 1. The minimum Gasteiger partial charge on any atom is -0.451 e. The van der Waals surface area contributed by atoms with Crippen molar-refractivity contribution in [3.63, 3.8) is 0 Å². The molecule has 0 saturated heterocycles. The topological polar surface area (TPSA) is 148 Å². The van der Waals surface area contributed by atoms with Gasteiger partial charge >= 0.3 is 5.97 Å². The van der Waals surface area contributed by atoms with Crippen LogP contribution in [0.2, 0.25) is 10.0 Å². The number of halogens is 2. The molecule has 0 aliphatic carbocycles. The number of carbonyl (C=O) groups is 3. The number of amides is 1. The number of benzene rings is 1. The molecule has 2 aromatic rings. The molecule has 12 heteroatoms. The average molecular weight is 462 g/mol. The fourth-order valence-electron chi connectivity index (χ4n) is 2.69. The van der Waals surface area contributed by atoms with Crippen LogP contribution in [0.25, 0.3) is 0 Å². The Kier molecular flexibility index (Phi) is 6.74. The molecule has 1 aromatic carbocycles.